The van der Waals surface area contributed by atoms with Gasteiger partial charge in [0.2, 0.25) is 0 Å². The van der Waals surface area contributed by atoms with E-state index in [1.54, 1.807) is 0 Å². The Bertz CT molecular complexity index is 208. The molecule has 1 aliphatic rings. The summed E-state index contributed by atoms with van der Waals surface area (Å²) in [6.07, 6.45) is 2.76. The Kier molecular flexibility index (Phi) is 5.05. The highest BCUT2D eigenvalue weighted by atomic mass is 16.5. The molecule has 1 rings (SSSR count). The normalized spacial score (nSPS) is 25.1. The number of unbranched alkanes of at least 4 members (excludes halogenated alkanes) is 1. The van der Waals surface area contributed by atoms with E-state index in [0.29, 0.717) is 13.2 Å². The Hall–Kier alpha value is -0.610. The minimum atomic E-state index is -0.697. The molecule has 0 aliphatic carbocycles. The van der Waals surface area contributed by atoms with Crippen LogP contribution in [-0.2, 0) is 9.53 Å². The highest BCUT2D eigenvalue weighted by Crippen LogP contribution is 2.15. The largest absolute Gasteiger partial charge is 0.480 e. The minimum Gasteiger partial charge on any atom is -0.480 e. The number of hydrogen-bond acceptors (Lipinski definition) is 3. The van der Waals surface area contributed by atoms with Crippen molar-refractivity contribution in [1.82, 2.24) is 4.90 Å². The molecule has 2 unspecified atom stereocenters. The van der Waals surface area contributed by atoms with Crippen LogP contribution < -0.4 is 0 Å². The second kappa shape index (κ2) is 6.08. The van der Waals surface area contributed by atoms with Crippen molar-refractivity contribution < 1.29 is 14.6 Å². The predicted octanol–water partition coefficient (Wildman–Crippen LogP) is 1.35. The van der Waals surface area contributed by atoms with Gasteiger partial charge in [-0.3, -0.25) is 9.69 Å². The Morgan fingerprint density at radius 3 is 2.93 bits per heavy atom. The maximum absolute atomic E-state index is 11.2. The van der Waals surface area contributed by atoms with Gasteiger partial charge >= 0.3 is 5.97 Å². The van der Waals surface area contributed by atoms with E-state index in [0.717, 1.165) is 25.8 Å². The molecule has 0 amide bonds. The van der Waals surface area contributed by atoms with Gasteiger partial charge in [-0.05, 0) is 13.3 Å². The zero-order valence-electron chi connectivity index (χ0n) is 9.61. The molecule has 0 aromatic carbocycles. The number of hydrogen-bond donors (Lipinski definition) is 1. The summed E-state index contributed by atoms with van der Waals surface area (Å²) >= 11 is 0. The molecule has 88 valence electrons. The predicted molar refractivity (Wildman–Crippen MR) is 57.9 cm³/mol. The number of carboxylic acids is 1. The molecular formula is C11H21NO3. The smallest absolute Gasteiger partial charge is 0.320 e. The molecule has 2 atom stereocenters. The topological polar surface area (TPSA) is 49.8 Å². The highest BCUT2D eigenvalue weighted by molar-refractivity contribution is 5.73. The van der Waals surface area contributed by atoms with Crippen molar-refractivity contribution in [3.8, 4) is 0 Å². The summed E-state index contributed by atoms with van der Waals surface area (Å²) in [6.45, 7) is 6.15. The van der Waals surface area contributed by atoms with Crippen LogP contribution in [0.15, 0.2) is 0 Å². The van der Waals surface area contributed by atoms with Gasteiger partial charge in [0, 0.05) is 12.6 Å². The molecule has 1 aliphatic heterocycles. The van der Waals surface area contributed by atoms with Gasteiger partial charge in [0.05, 0.1) is 13.2 Å². The lowest BCUT2D eigenvalue weighted by atomic mass is 10.1. The van der Waals surface area contributed by atoms with Crippen LogP contribution in [0.3, 0.4) is 0 Å². The number of nitrogens with zero attached hydrogens (tertiary/aromatic N) is 1. The number of carboxylic acid groups (broad SMARTS) is 1. The molecule has 0 aromatic rings. The number of rotatable bonds is 5. The van der Waals surface area contributed by atoms with Crippen molar-refractivity contribution in [2.45, 2.75) is 45.2 Å². The minimum absolute atomic E-state index is 0.219. The lowest BCUT2D eigenvalue weighted by Gasteiger charge is -2.37. The molecule has 4 nitrogen and oxygen atoms in total. The van der Waals surface area contributed by atoms with E-state index in [2.05, 4.69) is 11.8 Å². The Labute approximate surface area is 91.2 Å². The standard InChI is InChI=1S/C11H21NO3/c1-3-4-5-10(11(13)14)12-6-7-15-8-9(12)2/h9-10H,3-8H2,1-2H3,(H,13,14). The van der Waals surface area contributed by atoms with Gasteiger partial charge < -0.3 is 9.84 Å². The van der Waals surface area contributed by atoms with Crippen molar-refractivity contribution in [1.29, 1.82) is 0 Å². The summed E-state index contributed by atoms with van der Waals surface area (Å²) in [7, 11) is 0. The first-order valence-corrected chi connectivity index (χ1v) is 5.73. The Balaban J connectivity index is 2.56. The summed E-state index contributed by atoms with van der Waals surface area (Å²) in [4.78, 5) is 13.2. The number of morpholine rings is 1. The van der Waals surface area contributed by atoms with Crippen LogP contribution in [0.1, 0.15) is 33.1 Å². The molecule has 1 fully saturated rings. The van der Waals surface area contributed by atoms with Crippen molar-refractivity contribution in [2.75, 3.05) is 19.8 Å². The van der Waals surface area contributed by atoms with Crippen molar-refractivity contribution in [3.05, 3.63) is 0 Å². The van der Waals surface area contributed by atoms with E-state index in [1.165, 1.54) is 0 Å². The maximum Gasteiger partial charge on any atom is 0.320 e. The lowest BCUT2D eigenvalue weighted by Crippen LogP contribution is -2.52. The molecule has 0 saturated carbocycles. The van der Waals surface area contributed by atoms with Crippen molar-refractivity contribution in [3.63, 3.8) is 0 Å². The fraction of sp³-hybridized carbons (Fsp3) is 0.909. The van der Waals surface area contributed by atoms with Crippen LogP contribution in [0.25, 0.3) is 0 Å². The lowest BCUT2D eigenvalue weighted by molar-refractivity contribution is -0.147. The summed E-state index contributed by atoms with van der Waals surface area (Å²) in [6, 6.07) is -0.111. The molecule has 4 heteroatoms. The SMILES string of the molecule is CCCCC(C(=O)O)N1CCOCC1C. The van der Waals surface area contributed by atoms with Gasteiger partial charge in [0.1, 0.15) is 6.04 Å². The second-order valence-corrected chi connectivity index (χ2v) is 4.16. The zero-order valence-corrected chi connectivity index (χ0v) is 9.61. The molecular weight excluding hydrogens is 194 g/mol. The van der Waals surface area contributed by atoms with E-state index in [-0.39, 0.29) is 12.1 Å². The summed E-state index contributed by atoms with van der Waals surface area (Å²) < 4.78 is 5.31. The summed E-state index contributed by atoms with van der Waals surface area (Å²) in [5.74, 6) is -0.697. The molecule has 0 bridgehead atoms. The summed E-state index contributed by atoms with van der Waals surface area (Å²) in [5.41, 5.74) is 0. The fourth-order valence-corrected chi connectivity index (χ4v) is 2.03. The zero-order chi connectivity index (χ0) is 11.3. The van der Waals surface area contributed by atoms with Gasteiger partial charge in [-0.2, -0.15) is 0 Å². The van der Waals surface area contributed by atoms with E-state index in [9.17, 15) is 9.90 Å². The molecule has 15 heavy (non-hydrogen) atoms. The van der Waals surface area contributed by atoms with Crippen LogP contribution in [0.4, 0.5) is 0 Å². The van der Waals surface area contributed by atoms with Crippen LogP contribution in [0.2, 0.25) is 0 Å². The third kappa shape index (κ3) is 3.47. The molecule has 0 aromatic heterocycles. The van der Waals surface area contributed by atoms with Gasteiger partial charge in [-0.25, -0.2) is 0 Å². The van der Waals surface area contributed by atoms with Crippen molar-refractivity contribution in [2.24, 2.45) is 0 Å². The quantitative estimate of drug-likeness (QED) is 0.752. The molecule has 1 saturated heterocycles. The molecule has 1 N–H and O–H groups in total. The molecule has 1 heterocycles. The highest BCUT2D eigenvalue weighted by Gasteiger charge is 2.30. The van der Waals surface area contributed by atoms with Crippen LogP contribution in [-0.4, -0.2) is 47.8 Å². The van der Waals surface area contributed by atoms with Crippen LogP contribution in [0.5, 0.6) is 0 Å². The first-order chi connectivity index (χ1) is 7.16. The monoisotopic (exact) mass is 215 g/mol. The van der Waals surface area contributed by atoms with Gasteiger partial charge in [0.25, 0.3) is 0 Å². The van der Waals surface area contributed by atoms with Crippen LogP contribution in [0, 0.1) is 0 Å². The van der Waals surface area contributed by atoms with Gasteiger partial charge in [-0.15, -0.1) is 0 Å². The van der Waals surface area contributed by atoms with E-state index >= 15 is 0 Å². The number of ether oxygens (including phenoxy) is 1. The molecule has 0 spiro atoms. The van der Waals surface area contributed by atoms with Crippen molar-refractivity contribution >= 4 is 5.97 Å². The number of aliphatic carboxylic acids is 1. The van der Waals surface area contributed by atoms with Gasteiger partial charge in [0.15, 0.2) is 0 Å². The molecule has 0 radical (unpaired) electrons. The van der Waals surface area contributed by atoms with Gasteiger partial charge in [-0.1, -0.05) is 19.8 Å². The van der Waals surface area contributed by atoms with E-state index in [4.69, 9.17) is 4.74 Å². The van der Waals surface area contributed by atoms with Crippen LogP contribution >= 0.6 is 0 Å². The Morgan fingerprint density at radius 2 is 2.40 bits per heavy atom. The number of carbonyl (C=O) groups is 1. The third-order valence-corrected chi connectivity index (χ3v) is 2.94. The van der Waals surface area contributed by atoms with E-state index < -0.39 is 5.97 Å². The fourth-order valence-electron chi connectivity index (χ4n) is 2.03. The first-order valence-electron chi connectivity index (χ1n) is 5.73. The van der Waals surface area contributed by atoms with E-state index in [1.807, 2.05) is 6.92 Å². The summed E-state index contributed by atoms with van der Waals surface area (Å²) in [5, 5.41) is 9.19. The average molecular weight is 215 g/mol. The average Bonchev–Trinajstić information content (AvgIpc) is 2.20. The maximum atomic E-state index is 11.2. The first kappa shape index (κ1) is 12.5. The third-order valence-electron chi connectivity index (χ3n) is 2.94. The Morgan fingerprint density at radius 1 is 1.67 bits per heavy atom. The second-order valence-electron chi connectivity index (χ2n) is 4.16.